The maximum absolute atomic E-state index is 11.0. The molecule has 0 fully saturated rings. The van der Waals surface area contributed by atoms with Crippen molar-refractivity contribution in [3.63, 3.8) is 0 Å². The molecule has 0 saturated heterocycles. The Labute approximate surface area is 122 Å². The third kappa shape index (κ3) is 2.97. The SMILES string of the molecule is CC(=O)Nc1ccc(-c2ncc(-c3cccnc3)[nH]2)cc1. The van der Waals surface area contributed by atoms with E-state index in [0.29, 0.717) is 0 Å². The number of pyridine rings is 1. The predicted octanol–water partition coefficient (Wildman–Crippen LogP) is 3.10. The number of carbonyl (C=O) groups excluding carboxylic acids is 1. The average molecular weight is 278 g/mol. The quantitative estimate of drug-likeness (QED) is 0.773. The zero-order chi connectivity index (χ0) is 14.7. The number of nitrogens with zero attached hydrogens (tertiary/aromatic N) is 2. The molecule has 0 unspecified atom stereocenters. The van der Waals surface area contributed by atoms with Crippen molar-refractivity contribution in [3.8, 4) is 22.6 Å². The van der Waals surface area contributed by atoms with Crippen molar-refractivity contribution in [2.45, 2.75) is 6.92 Å². The molecule has 0 aliphatic heterocycles. The van der Waals surface area contributed by atoms with E-state index < -0.39 is 0 Å². The van der Waals surface area contributed by atoms with Crippen molar-refractivity contribution in [3.05, 3.63) is 55.0 Å². The minimum atomic E-state index is -0.0837. The maximum Gasteiger partial charge on any atom is 0.221 e. The van der Waals surface area contributed by atoms with Crippen molar-refractivity contribution >= 4 is 11.6 Å². The second-order valence-corrected chi connectivity index (χ2v) is 4.65. The molecule has 1 aromatic carbocycles. The van der Waals surface area contributed by atoms with E-state index in [1.54, 1.807) is 18.6 Å². The summed E-state index contributed by atoms with van der Waals surface area (Å²) in [5.74, 6) is 0.697. The number of aromatic nitrogens is 3. The molecule has 0 bridgehead atoms. The van der Waals surface area contributed by atoms with Crippen LogP contribution in [0, 0.1) is 0 Å². The molecule has 0 aliphatic carbocycles. The van der Waals surface area contributed by atoms with Crippen molar-refractivity contribution in [2.75, 3.05) is 5.32 Å². The summed E-state index contributed by atoms with van der Waals surface area (Å²) in [7, 11) is 0. The zero-order valence-corrected chi connectivity index (χ0v) is 11.5. The standard InChI is InChI=1S/C16H14N4O/c1-11(21)19-14-6-4-12(5-7-14)16-18-10-15(20-16)13-3-2-8-17-9-13/h2-10H,1H3,(H,18,20)(H,19,21). The van der Waals surface area contributed by atoms with Crippen LogP contribution in [0.1, 0.15) is 6.92 Å². The summed E-state index contributed by atoms with van der Waals surface area (Å²) in [5, 5.41) is 2.74. The maximum atomic E-state index is 11.0. The van der Waals surface area contributed by atoms with Gasteiger partial charge in [-0.2, -0.15) is 0 Å². The molecule has 0 saturated carbocycles. The van der Waals surface area contributed by atoms with Gasteiger partial charge in [-0.15, -0.1) is 0 Å². The molecule has 3 rings (SSSR count). The summed E-state index contributed by atoms with van der Waals surface area (Å²) in [6.45, 7) is 1.49. The van der Waals surface area contributed by atoms with E-state index in [-0.39, 0.29) is 5.91 Å². The van der Waals surface area contributed by atoms with Crippen molar-refractivity contribution in [1.82, 2.24) is 15.0 Å². The first-order valence-corrected chi connectivity index (χ1v) is 6.56. The number of nitrogens with one attached hydrogen (secondary N) is 2. The van der Waals surface area contributed by atoms with Crippen LogP contribution in [0.2, 0.25) is 0 Å². The second-order valence-electron chi connectivity index (χ2n) is 4.65. The first-order chi connectivity index (χ1) is 10.2. The van der Waals surface area contributed by atoms with Crippen LogP contribution < -0.4 is 5.32 Å². The summed E-state index contributed by atoms with van der Waals surface area (Å²) >= 11 is 0. The van der Waals surface area contributed by atoms with Gasteiger partial charge in [-0.25, -0.2) is 4.98 Å². The molecule has 104 valence electrons. The van der Waals surface area contributed by atoms with Crippen LogP contribution in [-0.2, 0) is 4.79 Å². The number of imidazole rings is 1. The highest BCUT2D eigenvalue weighted by Gasteiger charge is 2.05. The van der Waals surface area contributed by atoms with Crippen LogP contribution in [0.25, 0.3) is 22.6 Å². The third-order valence-corrected chi connectivity index (χ3v) is 3.03. The summed E-state index contributed by atoms with van der Waals surface area (Å²) in [6.07, 6.45) is 5.31. The summed E-state index contributed by atoms with van der Waals surface area (Å²) in [4.78, 5) is 22.7. The van der Waals surface area contributed by atoms with Gasteiger partial charge < -0.3 is 10.3 Å². The Morgan fingerprint density at radius 3 is 2.57 bits per heavy atom. The molecule has 2 N–H and O–H groups in total. The van der Waals surface area contributed by atoms with E-state index in [2.05, 4.69) is 20.3 Å². The van der Waals surface area contributed by atoms with Crippen LogP contribution in [0.4, 0.5) is 5.69 Å². The number of rotatable bonds is 3. The van der Waals surface area contributed by atoms with E-state index in [9.17, 15) is 4.79 Å². The van der Waals surface area contributed by atoms with Gasteiger partial charge in [-0.05, 0) is 36.4 Å². The van der Waals surface area contributed by atoms with Crippen molar-refractivity contribution < 1.29 is 4.79 Å². The lowest BCUT2D eigenvalue weighted by atomic mass is 10.2. The Balaban J connectivity index is 1.85. The summed E-state index contributed by atoms with van der Waals surface area (Å²) in [6, 6.07) is 11.4. The Hall–Kier alpha value is -2.95. The van der Waals surface area contributed by atoms with Crippen LogP contribution in [-0.4, -0.2) is 20.9 Å². The monoisotopic (exact) mass is 278 g/mol. The minimum absolute atomic E-state index is 0.0837. The fourth-order valence-electron chi connectivity index (χ4n) is 2.05. The van der Waals surface area contributed by atoms with Crippen LogP contribution in [0.5, 0.6) is 0 Å². The molecule has 1 amide bonds. The van der Waals surface area contributed by atoms with Gasteiger partial charge in [-0.3, -0.25) is 9.78 Å². The van der Waals surface area contributed by atoms with Crippen LogP contribution in [0.3, 0.4) is 0 Å². The van der Waals surface area contributed by atoms with Gasteiger partial charge >= 0.3 is 0 Å². The molecule has 0 atom stereocenters. The van der Waals surface area contributed by atoms with Crippen molar-refractivity contribution in [1.29, 1.82) is 0 Å². The molecular weight excluding hydrogens is 264 g/mol. The molecule has 0 spiro atoms. The topological polar surface area (TPSA) is 70.7 Å². The highest BCUT2D eigenvalue weighted by Crippen LogP contribution is 2.22. The second kappa shape index (κ2) is 5.58. The molecule has 0 aliphatic rings. The third-order valence-electron chi connectivity index (χ3n) is 3.03. The molecule has 21 heavy (non-hydrogen) atoms. The summed E-state index contributed by atoms with van der Waals surface area (Å²) < 4.78 is 0. The van der Waals surface area contributed by atoms with Gasteiger partial charge in [-0.1, -0.05) is 0 Å². The minimum Gasteiger partial charge on any atom is -0.338 e. The first-order valence-electron chi connectivity index (χ1n) is 6.56. The number of carbonyl (C=O) groups is 1. The Kier molecular flexibility index (Phi) is 3.47. The lowest BCUT2D eigenvalue weighted by molar-refractivity contribution is -0.114. The lowest BCUT2D eigenvalue weighted by Crippen LogP contribution is -2.05. The number of amides is 1. The number of aromatic amines is 1. The van der Waals surface area contributed by atoms with Gasteiger partial charge in [0.25, 0.3) is 0 Å². The molecule has 2 heterocycles. The van der Waals surface area contributed by atoms with Crippen molar-refractivity contribution in [2.24, 2.45) is 0 Å². The van der Waals surface area contributed by atoms with Crippen LogP contribution >= 0.6 is 0 Å². The highest BCUT2D eigenvalue weighted by molar-refractivity contribution is 5.88. The fraction of sp³-hybridized carbons (Fsp3) is 0.0625. The smallest absolute Gasteiger partial charge is 0.221 e. The fourth-order valence-corrected chi connectivity index (χ4v) is 2.05. The molecule has 0 radical (unpaired) electrons. The Bertz CT molecular complexity index is 747. The number of anilines is 1. The molecular formula is C16H14N4O. The van der Waals surface area contributed by atoms with Crippen LogP contribution in [0.15, 0.2) is 55.0 Å². The van der Waals surface area contributed by atoms with E-state index in [0.717, 1.165) is 28.3 Å². The van der Waals surface area contributed by atoms with Gasteiger partial charge in [0.1, 0.15) is 5.82 Å². The predicted molar refractivity (Wildman–Crippen MR) is 81.6 cm³/mol. The number of hydrogen-bond acceptors (Lipinski definition) is 3. The normalized spacial score (nSPS) is 10.3. The molecule has 5 heteroatoms. The number of benzene rings is 1. The largest absolute Gasteiger partial charge is 0.338 e. The van der Waals surface area contributed by atoms with E-state index in [4.69, 9.17) is 0 Å². The highest BCUT2D eigenvalue weighted by atomic mass is 16.1. The molecule has 5 nitrogen and oxygen atoms in total. The molecule has 3 aromatic rings. The van der Waals surface area contributed by atoms with Gasteiger partial charge in [0, 0.05) is 36.1 Å². The number of H-pyrrole nitrogens is 1. The van der Waals surface area contributed by atoms with Gasteiger partial charge in [0.15, 0.2) is 0 Å². The Morgan fingerprint density at radius 1 is 1.10 bits per heavy atom. The Morgan fingerprint density at radius 2 is 1.90 bits per heavy atom. The first kappa shape index (κ1) is 13.1. The number of hydrogen-bond donors (Lipinski definition) is 2. The average Bonchev–Trinajstić information content (AvgIpc) is 2.98. The molecule has 2 aromatic heterocycles. The zero-order valence-electron chi connectivity index (χ0n) is 11.5. The van der Waals surface area contributed by atoms with E-state index in [1.165, 1.54) is 6.92 Å². The van der Waals surface area contributed by atoms with E-state index in [1.807, 2.05) is 36.4 Å². The van der Waals surface area contributed by atoms with E-state index >= 15 is 0 Å². The lowest BCUT2D eigenvalue weighted by Gasteiger charge is -2.02. The summed E-state index contributed by atoms with van der Waals surface area (Å²) in [5.41, 5.74) is 3.64. The van der Waals surface area contributed by atoms with Gasteiger partial charge in [0.2, 0.25) is 5.91 Å². The van der Waals surface area contributed by atoms with Gasteiger partial charge in [0.05, 0.1) is 11.9 Å².